The molecule has 2 saturated heterocycles. The van der Waals surface area contributed by atoms with Crippen LogP contribution in [0, 0.1) is 5.82 Å². The van der Waals surface area contributed by atoms with Crippen LogP contribution in [0.25, 0.3) is 0 Å². The van der Waals surface area contributed by atoms with Crippen LogP contribution in [0.4, 0.5) is 10.1 Å². The van der Waals surface area contributed by atoms with Gasteiger partial charge in [0, 0.05) is 51.0 Å². The average Bonchev–Trinajstić information content (AvgIpc) is 2.63. The highest BCUT2D eigenvalue weighted by atomic mass is 19.1. The van der Waals surface area contributed by atoms with Crippen LogP contribution < -0.4 is 10.2 Å². The van der Waals surface area contributed by atoms with E-state index in [9.17, 15) is 9.18 Å². The predicted molar refractivity (Wildman–Crippen MR) is 93.7 cm³/mol. The molecular formula is C18H27FN4O. The van der Waals surface area contributed by atoms with E-state index >= 15 is 0 Å². The summed E-state index contributed by atoms with van der Waals surface area (Å²) in [5.41, 5.74) is 1.09. The summed E-state index contributed by atoms with van der Waals surface area (Å²) in [6.07, 6.45) is 2.25. The van der Waals surface area contributed by atoms with Crippen LogP contribution in [0.3, 0.4) is 0 Å². The number of piperazine rings is 1. The molecule has 132 valence electrons. The highest BCUT2D eigenvalue weighted by Gasteiger charge is 2.29. The predicted octanol–water partition coefficient (Wildman–Crippen LogP) is 1.16. The first-order chi connectivity index (χ1) is 11.7. The van der Waals surface area contributed by atoms with E-state index in [0.717, 1.165) is 51.4 Å². The molecule has 1 aromatic rings. The van der Waals surface area contributed by atoms with Gasteiger partial charge < -0.3 is 15.1 Å². The first-order valence-electron chi connectivity index (χ1n) is 8.84. The van der Waals surface area contributed by atoms with Crippen molar-refractivity contribution in [2.75, 3.05) is 57.8 Å². The quantitative estimate of drug-likeness (QED) is 0.897. The fourth-order valence-corrected chi connectivity index (χ4v) is 3.74. The molecule has 0 radical (unpaired) electrons. The van der Waals surface area contributed by atoms with E-state index in [1.54, 1.807) is 0 Å². The molecular weight excluding hydrogens is 307 g/mol. The van der Waals surface area contributed by atoms with Crippen molar-refractivity contribution >= 4 is 11.6 Å². The molecule has 6 heteroatoms. The molecule has 5 nitrogen and oxygen atoms in total. The number of nitrogens with zero attached hydrogens (tertiary/aromatic N) is 3. The van der Waals surface area contributed by atoms with E-state index < -0.39 is 0 Å². The standard InChI is InChI=1S/C18H27FN4O/c1-20-13-18(24)23-8-2-3-17(14-23)22-11-9-21(10-12-22)16-6-4-15(19)5-7-16/h4-7,17,20H,2-3,8-14H2,1H3. The lowest BCUT2D eigenvalue weighted by atomic mass is 10.0. The third kappa shape index (κ3) is 4.05. The Bertz CT molecular complexity index is 542. The zero-order valence-electron chi connectivity index (χ0n) is 14.4. The molecule has 0 aromatic heterocycles. The Morgan fingerprint density at radius 1 is 1.17 bits per heavy atom. The van der Waals surface area contributed by atoms with Gasteiger partial charge in [-0.3, -0.25) is 9.69 Å². The molecule has 0 spiro atoms. The lowest BCUT2D eigenvalue weighted by Gasteiger charge is -2.44. The zero-order valence-corrected chi connectivity index (χ0v) is 14.4. The molecule has 2 aliphatic heterocycles. The normalized spacial score (nSPS) is 22.7. The van der Waals surface area contributed by atoms with Crippen LogP contribution in [-0.2, 0) is 4.79 Å². The molecule has 24 heavy (non-hydrogen) atoms. The van der Waals surface area contributed by atoms with Gasteiger partial charge in [0.1, 0.15) is 5.82 Å². The monoisotopic (exact) mass is 334 g/mol. The summed E-state index contributed by atoms with van der Waals surface area (Å²) in [7, 11) is 1.81. The van der Waals surface area contributed by atoms with Crippen molar-refractivity contribution < 1.29 is 9.18 Å². The van der Waals surface area contributed by atoms with E-state index in [-0.39, 0.29) is 11.7 Å². The van der Waals surface area contributed by atoms with Gasteiger partial charge in [-0.15, -0.1) is 0 Å². The van der Waals surface area contributed by atoms with Gasteiger partial charge in [-0.25, -0.2) is 4.39 Å². The first kappa shape index (κ1) is 17.2. The first-order valence-corrected chi connectivity index (χ1v) is 8.84. The van der Waals surface area contributed by atoms with Crippen LogP contribution in [0.2, 0.25) is 0 Å². The summed E-state index contributed by atoms with van der Waals surface area (Å²) in [6.45, 7) is 6.04. The Labute approximate surface area is 143 Å². The number of amides is 1. The Hall–Kier alpha value is -1.66. The second-order valence-electron chi connectivity index (χ2n) is 6.67. The number of likely N-dealkylation sites (N-methyl/N-ethyl adjacent to an activating group) is 1. The molecule has 1 aromatic carbocycles. The molecule has 3 rings (SSSR count). The second-order valence-corrected chi connectivity index (χ2v) is 6.67. The summed E-state index contributed by atoms with van der Waals surface area (Å²) in [5, 5.41) is 2.95. The number of carbonyl (C=O) groups excluding carboxylic acids is 1. The van der Waals surface area contributed by atoms with E-state index in [0.29, 0.717) is 12.6 Å². The maximum atomic E-state index is 13.1. The Morgan fingerprint density at radius 3 is 2.54 bits per heavy atom. The number of benzene rings is 1. The number of anilines is 1. The smallest absolute Gasteiger partial charge is 0.236 e. The number of piperidine rings is 1. The molecule has 0 aliphatic carbocycles. The largest absolute Gasteiger partial charge is 0.369 e. The maximum absolute atomic E-state index is 13.1. The molecule has 0 saturated carbocycles. The minimum Gasteiger partial charge on any atom is -0.369 e. The SMILES string of the molecule is CNCC(=O)N1CCCC(N2CCN(c3ccc(F)cc3)CC2)C1. The Morgan fingerprint density at radius 2 is 1.88 bits per heavy atom. The van der Waals surface area contributed by atoms with Crippen molar-refractivity contribution in [2.24, 2.45) is 0 Å². The summed E-state index contributed by atoms with van der Waals surface area (Å²) >= 11 is 0. The number of hydrogen-bond donors (Lipinski definition) is 1. The molecule has 2 heterocycles. The number of nitrogens with one attached hydrogen (secondary N) is 1. The van der Waals surface area contributed by atoms with E-state index in [4.69, 9.17) is 0 Å². The second kappa shape index (κ2) is 7.94. The van der Waals surface area contributed by atoms with Gasteiger partial charge >= 0.3 is 0 Å². The van der Waals surface area contributed by atoms with Gasteiger partial charge in [0.15, 0.2) is 0 Å². The third-order valence-electron chi connectivity index (χ3n) is 5.10. The fraction of sp³-hybridized carbons (Fsp3) is 0.611. The number of carbonyl (C=O) groups is 1. The molecule has 1 atom stereocenters. The van der Waals surface area contributed by atoms with Crippen molar-refractivity contribution in [1.82, 2.24) is 15.1 Å². The third-order valence-corrected chi connectivity index (χ3v) is 5.10. The van der Waals surface area contributed by atoms with Crippen molar-refractivity contribution in [2.45, 2.75) is 18.9 Å². The maximum Gasteiger partial charge on any atom is 0.236 e. The summed E-state index contributed by atoms with van der Waals surface area (Å²) in [6, 6.07) is 7.21. The number of rotatable bonds is 4. The van der Waals surface area contributed by atoms with Crippen LogP contribution in [0.5, 0.6) is 0 Å². The Balaban J connectivity index is 1.52. The summed E-state index contributed by atoms with van der Waals surface area (Å²) < 4.78 is 13.1. The van der Waals surface area contributed by atoms with Gasteiger partial charge in [-0.1, -0.05) is 0 Å². The minimum absolute atomic E-state index is 0.189. The molecule has 1 amide bonds. The van der Waals surface area contributed by atoms with Gasteiger partial charge in [0.05, 0.1) is 6.54 Å². The Kier molecular flexibility index (Phi) is 5.68. The number of hydrogen-bond acceptors (Lipinski definition) is 4. The van der Waals surface area contributed by atoms with Crippen LogP contribution in [0.1, 0.15) is 12.8 Å². The highest BCUT2D eigenvalue weighted by molar-refractivity contribution is 5.78. The lowest BCUT2D eigenvalue weighted by molar-refractivity contribution is -0.132. The average molecular weight is 334 g/mol. The molecule has 1 N–H and O–H groups in total. The zero-order chi connectivity index (χ0) is 16.9. The van der Waals surface area contributed by atoms with Crippen molar-refractivity contribution in [1.29, 1.82) is 0 Å². The van der Waals surface area contributed by atoms with E-state index in [1.165, 1.54) is 18.6 Å². The summed E-state index contributed by atoms with van der Waals surface area (Å²) in [4.78, 5) is 18.9. The fourth-order valence-electron chi connectivity index (χ4n) is 3.74. The summed E-state index contributed by atoms with van der Waals surface area (Å²) in [5.74, 6) is 0.0121. The highest BCUT2D eigenvalue weighted by Crippen LogP contribution is 2.21. The van der Waals surface area contributed by atoms with Crippen LogP contribution in [-0.4, -0.2) is 74.6 Å². The van der Waals surface area contributed by atoms with Crippen molar-refractivity contribution in [3.05, 3.63) is 30.1 Å². The molecule has 0 bridgehead atoms. The lowest BCUT2D eigenvalue weighted by Crippen LogP contribution is -2.56. The van der Waals surface area contributed by atoms with Crippen LogP contribution in [0.15, 0.2) is 24.3 Å². The molecule has 2 aliphatic rings. The molecule has 1 unspecified atom stereocenters. The van der Waals surface area contributed by atoms with E-state index in [2.05, 4.69) is 15.1 Å². The van der Waals surface area contributed by atoms with E-state index in [1.807, 2.05) is 24.1 Å². The molecule has 2 fully saturated rings. The van der Waals surface area contributed by atoms with Gasteiger partial charge in [-0.05, 0) is 44.2 Å². The van der Waals surface area contributed by atoms with Crippen molar-refractivity contribution in [3.63, 3.8) is 0 Å². The number of halogens is 1. The number of likely N-dealkylation sites (tertiary alicyclic amines) is 1. The van der Waals surface area contributed by atoms with Crippen LogP contribution >= 0.6 is 0 Å². The van der Waals surface area contributed by atoms with Gasteiger partial charge in [-0.2, -0.15) is 0 Å². The minimum atomic E-state index is -0.189. The van der Waals surface area contributed by atoms with Gasteiger partial charge in [0.25, 0.3) is 0 Å². The topological polar surface area (TPSA) is 38.8 Å². The van der Waals surface area contributed by atoms with Gasteiger partial charge in [0.2, 0.25) is 5.91 Å². The van der Waals surface area contributed by atoms with Crippen molar-refractivity contribution in [3.8, 4) is 0 Å².